The van der Waals surface area contributed by atoms with Crippen molar-refractivity contribution in [3.63, 3.8) is 0 Å². The average molecular weight is 427 g/mol. The first kappa shape index (κ1) is 15.6. The fourth-order valence-corrected chi connectivity index (χ4v) is 4.43. The van der Waals surface area contributed by atoms with Gasteiger partial charge in [0.1, 0.15) is 11.3 Å². The van der Waals surface area contributed by atoms with Crippen LogP contribution in [-0.4, -0.2) is 16.5 Å². The van der Waals surface area contributed by atoms with Gasteiger partial charge in [0, 0.05) is 16.1 Å². The third kappa shape index (κ3) is 2.35. The number of nitrogens with zero attached hydrogens (tertiary/aromatic N) is 2. The molecule has 0 unspecified atom stereocenters. The van der Waals surface area contributed by atoms with Crippen LogP contribution in [0.3, 0.4) is 0 Å². The van der Waals surface area contributed by atoms with Crippen molar-refractivity contribution in [3.05, 3.63) is 63.6 Å². The van der Waals surface area contributed by atoms with Gasteiger partial charge in [-0.15, -0.1) is 0 Å². The normalized spacial score (nSPS) is 11.6. The van der Waals surface area contributed by atoms with Gasteiger partial charge in [0.15, 0.2) is 4.96 Å². The molecule has 2 aromatic carbocycles. The van der Waals surface area contributed by atoms with E-state index in [2.05, 4.69) is 20.9 Å². The van der Waals surface area contributed by atoms with Gasteiger partial charge in [0.2, 0.25) is 0 Å². The first-order valence-electron chi connectivity index (χ1n) is 7.82. The van der Waals surface area contributed by atoms with Gasteiger partial charge in [-0.25, -0.2) is 9.78 Å². The maximum Gasteiger partial charge on any atom is 0.345 e. The quantitative estimate of drug-likeness (QED) is 0.368. The smallest absolute Gasteiger partial charge is 0.345 e. The minimum absolute atomic E-state index is 0.392. The summed E-state index contributed by atoms with van der Waals surface area (Å²) in [5.74, 6) is 0.808. The van der Waals surface area contributed by atoms with Crippen molar-refractivity contribution in [3.8, 4) is 17.0 Å². The van der Waals surface area contributed by atoms with Gasteiger partial charge in [-0.2, -0.15) is 0 Å². The van der Waals surface area contributed by atoms with Crippen molar-refractivity contribution in [1.82, 2.24) is 9.38 Å². The first-order chi connectivity index (χ1) is 12.6. The molecular weight excluding hydrogens is 416 g/mol. The minimum Gasteiger partial charge on any atom is -0.497 e. The van der Waals surface area contributed by atoms with Crippen LogP contribution < -0.4 is 10.4 Å². The van der Waals surface area contributed by atoms with E-state index in [9.17, 15) is 4.79 Å². The number of imidazole rings is 1. The summed E-state index contributed by atoms with van der Waals surface area (Å²) < 4.78 is 14.7. The van der Waals surface area contributed by atoms with Crippen LogP contribution in [0.1, 0.15) is 0 Å². The van der Waals surface area contributed by atoms with Crippen LogP contribution in [0, 0.1) is 0 Å². The number of fused-ring (bicyclic) bond motifs is 4. The van der Waals surface area contributed by atoms with Gasteiger partial charge in [-0.05, 0) is 42.5 Å². The maximum absolute atomic E-state index is 12.4. The van der Waals surface area contributed by atoms with E-state index in [1.54, 1.807) is 24.5 Å². The molecule has 0 radical (unpaired) electrons. The highest BCUT2D eigenvalue weighted by molar-refractivity contribution is 9.10. The first-order valence-corrected chi connectivity index (χ1v) is 9.43. The van der Waals surface area contributed by atoms with E-state index in [0.29, 0.717) is 16.8 Å². The fourth-order valence-electron chi connectivity index (χ4n) is 3.01. The number of methoxy groups -OCH3 is 1. The highest BCUT2D eigenvalue weighted by Gasteiger charge is 2.15. The summed E-state index contributed by atoms with van der Waals surface area (Å²) in [6, 6.07) is 13.2. The van der Waals surface area contributed by atoms with Crippen LogP contribution >= 0.6 is 27.3 Å². The van der Waals surface area contributed by atoms with Gasteiger partial charge in [-0.3, -0.25) is 4.40 Å². The molecule has 3 heterocycles. The Morgan fingerprint density at radius 3 is 2.92 bits per heavy atom. The molecule has 5 aromatic rings. The van der Waals surface area contributed by atoms with Crippen LogP contribution in [0.25, 0.3) is 37.4 Å². The second-order valence-electron chi connectivity index (χ2n) is 5.84. The number of hydrogen-bond donors (Lipinski definition) is 0. The number of hydrogen-bond acceptors (Lipinski definition) is 5. The van der Waals surface area contributed by atoms with Crippen LogP contribution in [0.2, 0.25) is 0 Å². The molecule has 0 saturated heterocycles. The molecule has 0 aliphatic carbocycles. The standard InChI is InChI=1S/C19H11BrN2O3S/c1-24-12-3-4-15-17(8-12)26-19-21-14(9-22(15)19)13-7-10-6-11(20)2-5-16(10)25-18(13)23/h2-9H,1H3. The molecule has 3 aromatic heterocycles. The fraction of sp³-hybridized carbons (Fsp3) is 0.0526. The zero-order valence-corrected chi connectivity index (χ0v) is 15.9. The summed E-state index contributed by atoms with van der Waals surface area (Å²) >= 11 is 4.99. The van der Waals surface area contributed by atoms with Gasteiger partial charge >= 0.3 is 5.63 Å². The maximum atomic E-state index is 12.4. The SMILES string of the molecule is COc1ccc2c(c1)sc1nc(-c3cc4cc(Br)ccc4oc3=O)cn12. The molecule has 0 spiro atoms. The van der Waals surface area contributed by atoms with Gasteiger partial charge in [0.05, 0.1) is 28.6 Å². The van der Waals surface area contributed by atoms with E-state index in [0.717, 1.165) is 30.8 Å². The van der Waals surface area contributed by atoms with Crippen LogP contribution in [0.15, 0.2) is 62.3 Å². The lowest BCUT2D eigenvalue weighted by Gasteiger charge is -2.00. The van der Waals surface area contributed by atoms with Crippen LogP contribution in [-0.2, 0) is 0 Å². The molecular formula is C19H11BrN2O3S. The van der Waals surface area contributed by atoms with Gasteiger partial charge in [-0.1, -0.05) is 27.3 Å². The summed E-state index contributed by atoms with van der Waals surface area (Å²) in [7, 11) is 1.65. The van der Waals surface area contributed by atoms with Crippen molar-refractivity contribution >= 4 is 53.4 Å². The second-order valence-corrected chi connectivity index (χ2v) is 7.77. The Bertz CT molecular complexity index is 1370. The van der Waals surface area contributed by atoms with E-state index in [-0.39, 0.29) is 0 Å². The molecule has 0 aliphatic heterocycles. The zero-order chi connectivity index (χ0) is 17.8. The monoisotopic (exact) mass is 426 g/mol. The predicted octanol–water partition coefficient (Wildman–Crippen LogP) is 5.09. The lowest BCUT2D eigenvalue weighted by molar-refractivity contribution is 0.415. The van der Waals surface area contributed by atoms with Crippen molar-refractivity contribution < 1.29 is 9.15 Å². The third-order valence-electron chi connectivity index (χ3n) is 4.27. The molecule has 128 valence electrons. The highest BCUT2D eigenvalue weighted by atomic mass is 79.9. The third-order valence-corrected chi connectivity index (χ3v) is 5.78. The Kier molecular flexibility index (Phi) is 3.41. The molecule has 26 heavy (non-hydrogen) atoms. The van der Waals surface area contributed by atoms with Gasteiger partial charge in [0.25, 0.3) is 0 Å². The number of aromatic nitrogens is 2. The molecule has 0 aliphatic rings. The summed E-state index contributed by atoms with van der Waals surface area (Å²) in [5, 5.41) is 0.847. The number of thiazole rings is 1. The minimum atomic E-state index is -0.392. The van der Waals surface area contributed by atoms with Crippen LogP contribution in [0.5, 0.6) is 5.75 Å². The number of ether oxygens (including phenoxy) is 1. The molecule has 5 rings (SSSR count). The Morgan fingerprint density at radius 2 is 2.08 bits per heavy atom. The van der Waals surface area contributed by atoms with Crippen molar-refractivity contribution in [2.24, 2.45) is 0 Å². The van der Waals surface area contributed by atoms with E-state index >= 15 is 0 Å². The van der Waals surface area contributed by atoms with E-state index < -0.39 is 5.63 Å². The topological polar surface area (TPSA) is 56.7 Å². The molecule has 0 N–H and O–H groups in total. The lowest BCUT2D eigenvalue weighted by Crippen LogP contribution is -2.02. The average Bonchev–Trinajstić information content (AvgIpc) is 3.18. The molecule has 0 bridgehead atoms. The summed E-state index contributed by atoms with van der Waals surface area (Å²) in [5.41, 5.74) is 2.24. The molecule has 7 heteroatoms. The number of benzene rings is 2. The molecule has 0 amide bonds. The highest BCUT2D eigenvalue weighted by Crippen LogP contribution is 2.32. The molecule has 0 fully saturated rings. The second kappa shape index (κ2) is 5.69. The van der Waals surface area contributed by atoms with Crippen molar-refractivity contribution in [1.29, 1.82) is 0 Å². The Balaban J connectivity index is 1.72. The van der Waals surface area contributed by atoms with Crippen molar-refractivity contribution in [2.45, 2.75) is 0 Å². The Labute approximate surface area is 159 Å². The van der Waals surface area contributed by atoms with Crippen LogP contribution in [0.4, 0.5) is 0 Å². The van der Waals surface area contributed by atoms with E-state index in [4.69, 9.17) is 9.15 Å². The number of halogens is 1. The predicted molar refractivity (Wildman–Crippen MR) is 106 cm³/mol. The van der Waals surface area contributed by atoms with Crippen molar-refractivity contribution in [2.75, 3.05) is 7.11 Å². The van der Waals surface area contributed by atoms with E-state index in [1.807, 2.05) is 47.0 Å². The summed E-state index contributed by atoms with van der Waals surface area (Å²) in [6.07, 6.45) is 1.87. The molecule has 0 atom stereocenters. The lowest BCUT2D eigenvalue weighted by atomic mass is 10.1. The van der Waals surface area contributed by atoms with E-state index in [1.165, 1.54) is 0 Å². The molecule has 5 nitrogen and oxygen atoms in total. The Hall–Kier alpha value is -2.64. The number of rotatable bonds is 2. The largest absolute Gasteiger partial charge is 0.497 e. The molecule has 0 saturated carbocycles. The Morgan fingerprint density at radius 1 is 1.19 bits per heavy atom. The van der Waals surface area contributed by atoms with Gasteiger partial charge < -0.3 is 9.15 Å². The summed E-state index contributed by atoms with van der Waals surface area (Å²) in [6.45, 7) is 0. The zero-order valence-electron chi connectivity index (χ0n) is 13.5. The summed E-state index contributed by atoms with van der Waals surface area (Å²) in [4.78, 5) is 17.9.